The van der Waals surface area contributed by atoms with Gasteiger partial charge in [-0.05, 0) is 31.2 Å². The lowest BCUT2D eigenvalue weighted by Gasteiger charge is -2.22. The van der Waals surface area contributed by atoms with Crippen molar-refractivity contribution in [2.24, 2.45) is 0 Å². The number of hydrogen-bond donors (Lipinski definition) is 1. The molecule has 1 unspecified atom stereocenters. The lowest BCUT2D eigenvalue weighted by molar-refractivity contribution is -0.132. The van der Waals surface area contributed by atoms with Crippen LogP contribution in [0.25, 0.3) is 11.5 Å². The van der Waals surface area contributed by atoms with Crippen molar-refractivity contribution in [3.63, 3.8) is 0 Å². The number of amides is 1. The minimum Gasteiger partial charge on any atom is -0.421 e. The fraction of sp³-hybridized carbons (Fsp3) is 0.400. The van der Waals surface area contributed by atoms with E-state index in [4.69, 9.17) is 21.1 Å². The molecule has 0 aliphatic heterocycles. The van der Waals surface area contributed by atoms with Crippen molar-refractivity contribution in [1.82, 2.24) is 15.1 Å². The fourth-order valence-electron chi connectivity index (χ4n) is 1.82. The Morgan fingerprint density at radius 3 is 2.68 bits per heavy atom. The van der Waals surface area contributed by atoms with Crippen molar-refractivity contribution in [2.75, 3.05) is 13.7 Å². The monoisotopic (exact) mass is 323 g/mol. The molecule has 1 aromatic heterocycles. The summed E-state index contributed by atoms with van der Waals surface area (Å²) < 4.78 is 5.54. The number of rotatable bonds is 6. The van der Waals surface area contributed by atoms with Gasteiger partial charge in [0.15, 0.2) is 0 Å². The summed E-state index contributed by atoms with van der Waals surface area (Å²) in [5.74, 6) is 0.729. The van der Waals surface area contributed by atoms with E-state index < -0.39 is 0 Å². The molecule has 0 radical (unpaired) electrons. The topological polar surface area (TPSA) is 79.5 Å². The second-order valence-electron chi connectivity index (χ2n) is 5.04. The zero-order valence-corrected chi connectivity index (χ0v) is 13.2. The molecule has 22 heavy (non-hydrogen) atoms. The van der Waals surface area contributed by atoms with E-state index in [0.717, 1.165) is 5.56 Å². The first-order chi connectivity index (χ1) is 10.5. The number of nitrogens with zero attached hydrogens (tertiary/aromatic N) is 3. The molecule has 7 heteroatoms. The lowest BCUT2D eigenvalue weighted by atomic mass is 10.2. The van der Waals surface area contributed by atoms with Crippen LogP contribution in [-0.2, 0) is 11.2 Å². The second-order valence-corrected chi connectivity index (χ2v) is 5.48. The first kappa shape index (κ1) is 16.5. The number of aliphatic hydroxyl groups excluding tert-OH is 1. The molecule has 2 rings (SSSR count). The van der Waals surface area contributed by atoms with Gasteiger partial charge in [0.2, 0.25) is 17.7 Å². The van der Waals surface area contributed by atoms with E-state index in [2.05, 4.69) is 10.2 Å². The molecule has 0 saturated heterocycles. The molecule has 1 aromatic carbocycles. The number of carbonyl (C=O) groups excluding carboxylic acids is 1. The van der Waals surface area contributed by atoms with Crippen molar-refractivity contribution >= 4 is 17.5 Å². The zero-order valence-electron chi connectivity index (χ0n) is 12.5. The van der Waals surface area contributed by atoms with E-state index in [1.807, 2.05) is 0 Å². The van der Waals surface area contributed by atoms with Crippen LogP contribution < -0.4 is 0 Å². The molecule has 118 valence electrons. The largest absolute Gasteiger partial charge is 0.421 e. The van der Waals surface area contributed by atoms with Crippen molar-refractivity contribution < 1.29 is 14.3 Å². The first-order valence-corrected chi connectivity index (χ1v) is 7.34. The Kier molecular flexibility index (Phi) is 5.51. The molecule has 0 aliphatic carbocycles. The highest BCUT2D eigenvalue weighted by Crippen LogP contribution is 2.20. The SMILES string of the molecule is CC(CO)N(C)C(=O)CCc1nnc(-c2ccc(Cl)cc2)o1. The highest BCUT2D eigenvalue weighted by molar-refractivity contribution is 6.30. The van der Waals surface area contributed by atoms with E-state index in [1.54, 1.807) is 38.2 Å². The Morgan fingerprint density at radius 2 is 2.05 bits per heavy atom. The summed E-state index contributed by atoms with van der Waals surface area (Å²) in [6.07, 6.45) is 0.616. The molecule has 1 N–H and O–H groups in total. The van der Waals surface area contributed by atoms with Gasteiger partial charge in [-0.2, -0.15) is 0 Å². The number of likely N-dealkylation sites (N-methyl/N-ethyl adjacent to an activating group) is 1. The van der Waals surface area contributed by atoms with Crippen LogP contribution >= 0.6 is 11.6 Å². The summed E-state index contributed by atoms with van der Waals surface area (Å²) in [6, 6.07) is 6.87. The minimum atomic E-state index is -0.209. The van der Waals surface area contributed by atoms with Crippen LogP contribution in [0.5, 0.6) is 0 Å². The highest BCUT2D eigenvalue weighted by Gasteiger charge is 2.16. The normalized spacial score (nSPS) is 12.2. The summed E-state index contributed by atoms with van der Waals surface area (Å²) in [7, 11) is 1.66. The molecule has 0 bridgehead atoms. The Balaban J connectivity index is 1.95. The zero-order chi connectivity index (χ0) is 16.1. The highest BCUT2D eigenvalue weighted by atomic mass is 35.5. The number of carbonyl (C=O) groups is 1. The Hall–Kier alpha value is -1.92. The maximum Gasteiger partial charge on any atom is 0.247 e. The van der Waals surface area contributed by atoms with Gasteiger partial charge in [0.05, 0.1) is 12.6 Å². The number of benzene rings is 1. The van der Waals surface area contributed by atoms with E-state index in [0.29, 0.717) is 23.2 Å². The van der Waals surface area contributed by atoms with Crippen LogP contribution in [0.15, 0.2) is 28.7 Å². The van der Waals surface area contributed by atoms with Crippen molar-refractivity contribution in [3.05, 3.63) is 35.2 Å². The first-order valence-electron chi connectivity index (χ1n) is 6.96. The molecule has 0 aliphatic rings. The van der Waals surface area contributed by atoms with Crippen molar-refractivity contribution in [3.8, 4) is 11.5 Å². The third kappa shape index (κ3) is 4.05. The summed E-state index contributed by atoms with van der Waals surface area (Å²) in [4.78, 5) is 13.5. The summed E-state index contributed by atoms with van der Waals surface area (Å²) >= 11 is 5.83. The average molecular weight is 324 g/mol. The number of aliphatic hydroxyl groups is 1. The lowest BCUT2D eigenvalue weighted by Crippen LogP contribution is -2.37. The average Bonchev–Trinajstić information content (AvgIpc) is 3.00. The van der Waals surface area contributed by atoms with Crippen molar-refractivity contribution in [1.29, 1.82) is 0 Å². The standard InChI is InChI=1S/C15H18ClN3O3/c1-10(9-20)19(2)14(21)8-7-13-17-18-15(22-13)11-3-5-12(16)6-4-11/h3-6,10,20H,7-9H2,1-2H3. The van der Waals surface area contributed by atoms with Gasteiger partial charge < -0.3 is 14.4 Å². The van der Waals surface area contributed by atoms with E-state index >= 15 is 0 Å². The van der Waals surface area contributed by atoms with Gasteiger partial charge in [0, 0.05) is 30.5 Å². The quantitative estimate of drug-likeness (QED) is 0.881. The third-order valence-corrected chi connectivity index (χ3v) is 3.68. The fourth-order valence-corrected chi connectivity index (χ4v) is 1.95. The molecule has 1 amide bonds. The number of aromatic nitrogens is 2. The Morgan fingerprint density at radius 1 is 1.36 bits per heavy atom. The predicted octanol–water partition coefficient (Wildman–Crippen LogP) is 2.16. The molecule has 1 heterocycles. The van der Waals surface area contributed by atoms with E-state index in [-0.39, 0.29) is 25.0 Å². The van der Waals surface area contributed by atoms with Crippen LogP contribution in [0.1, 0.15) is 19.2 Å². The number of halogens is 1. The number of hydrogen-bond acceptors (Lipinski definition) is 5. The van der Waals surface area contributed by atoms with Gasteiger partial charge in [-0.15, -0.1) is 10.2 Å². The maximum absolute atomic E-state index is 11.9. The molecule has 0 fully saturated rings. The van der Waals surface area contributed by atoms with Gasteiger partial charge in [0.25, 0.3) is 0 Å². The van der Waals surface area contributed by atoms with Gasteiger partial charge in [-0.3, -0.25) is 4.79 Å². The minimum absolute atomic E-state index is 0.0660. The molecular weight excluding hydrogens is 306 g/mol. The Bertz CT molecular complexity index is 627. The van der Waals surface area contributed by atoms with Gasteiger partial charge in [-0.1, -0.05) is 11.6 Å². The molecule has 2 aromatic rings. The van der Waals surface area contributed by atoms with E-state index in [1.165, 1.54) is 4.90 Å². The summed E-state index contributed by atoms with van der Waals surface area (Å²) in [5, 5.41) is 17.6. The Labute approximate surface area is 133 Å². The van der Waals surface area contributed by atoms with Gasteiger partial charge in [0.1, 0.15) is 0 Å². The number of aryl methyl sites for hydroxylation is 1. The van der Waals surface area contributed by atoms with Crippen LogP contribution in [0.3, 0.4) is 0 Å². The van der Waals surface area contributed by atoms with Crippen molar-refractivity contribution in [2.45, 2.75) is 25.8 Å². The molecular formula is C15H18ClN3O3. The predicted molar refractivity (Wildman–Crippen MR) is 82.4 cm³/mol. The molecule has 0 spiro atoms. The van der Waals surface area contributed by atoms with Gasteiger partial charge in [-0.25, -0.2) is 0 Å². The molecule has 6 nitrogen and oxygen atoms in total. The summed E-state index contributed by atoms with van der Waals surface area (Å²) in [6.45, 7) is 1.72. The molecule has 1 atom stereocenters. The van der Waals surface area contributed by atoms with Crippen LogP contribution in [0.2, 0.25) is 5.02 Å². The van der Waals surface area contributed by atoms with Crippen LogP contribution in [0.4, 0.5) is 0 Å². The van der Waals surface area contributed by atoms with Crippen LogP contribution in [0, 0.1) is 0 Å². The van der Waals surface area contributed by atoms with Gasteiger partial charge >= 0.3 is 0 Å². The third-order valence-electron chi connectivity index (χ3n) is 3.43. The van der Waals surface area contributed by atoms with E-state index in [9.17, 15) is 4.79 Å². The molecule has 0 saturated carbocycles. The van der Waals surface area contributed by atoms with Crippen LogP contribution in [-0.4, -0.2) is 45.8 Å². The smallest absolute Gasteiger partial charge is 0.247 e. The summed E-state index contributed by atoms with van der Waals surface area (Å²) in [5.41, 5.74) is 0.778. The second kappa shape index (κ2) is 7.38. The maximum atomic E-state index is 11.9.